The van der Waals surface area contributed by atoms with Gasteiger partial charge in [-0.15, -0.1) is 0 Å². The molecule has 1 saturated heterocycles. The Morgan fingerprint density at radius 3 is 2.40 bits per heavy atom. The average molecular weight is 282 g/mol. The molecule has 2 aliphatic rings. The third-order valence-electron chi connectivity index (χ3n) is 4.98. The van der Waals surface area contributed by atoms with E-state index < -0.39 is 11.4 Å². The molecule has 2 unspecified atom stereocenters. The van der Waals surface area contributed by atoms with Crippen molar-refractivity contribution in [1.29, 1.82) is 0 Å². The lowest BCUT2D eigenvalue weighted by atomic mass is 9.80. The monoisotopic (exact) mass is 282 g/mol. The lowest BCUT2D eigenvalue weighted by Crippen LogP contribution is -2.46. The predicted octanol–water partition coefficient (Wildman–Crippen LogP) is 1.53. The first-order valence-electron chi connectivity index (χ1n) is 7.80. The number of hydrogen-bond acceptors (Lipinski definition) is 3. The molecule has 0 aromatic heterocycles. The van der Waals surface area contributed by atoms with Crippen LogP contribution in [-0.2, 0) is 9.59 Å². The van der Waals surface area contributed by atoms with E-state index >= 15 is 0 Å². The molecular weight excluding hydrogens is 256 g/mol. The SMILES string of the molecule is CC1NCCC1C(=O)NCC1(C(=O)O)CCCCCC1. The van der Waals surface area contributed by atoms with Gasteiger partial charge in [-0.25, -0.2) is 0 Å². The number of amides is 1. The van der Waals surface area contributed by atoms with Gasteiger partial charge < -0.3 is 15.7 Å². The highest BCUT2D eigenvalue weighted by atomic mass is 16.4. The van der Waals surface area contributed by atoms with Crippen molar-refractivity contribution in [3.63, 3.8) is 0 Å². The largest absolute Gasteiger partial charge is 0.481 e. The minimum atomic E-state index is -0.753. The molecular formula is C15H26N2O3. The van der Waals surface area contributed by atoms with E-state index in [1.165, 1.54) is 0 Å². The molecule has 0 radical (unpaired) electrons. The maximum Gasteiger partial charge on any atom is 0.311 e. The first-order chi connectivity index (χ1) is 9.55. The number of carboxylic acid groups (broad SMARTS) is 1. The van der Waals surface area contributed by atoms with Gasteiger partial charge in [-0.05, 0) is 32.7 Å². The predicted molar refractivity (Wildman–Crippen MR) is 76.4 cm³/mol. The topological polar surface area (TPSA) is 78.4 Å². The second-order valence-electron chi connectivity index (χ2n) is 6.36. The fraction of sp³-hybridized carbons (Fsp3) is 0.867. The van der Waals surface area contributed by atoms with E-state index in [2.05, 4.69) is 10.6 Å². The van der Waals surface area contributed by atoms with E-state index in [4.69, 9.17) is 0 Å². The normalized spacial score (nSPS) is 29.6. The van der Waals surface area contributed by atoms with Crippen LogP contribution in [0.25, 0.3) is 0 Å². The van der Waals surface area contributed by atoms with Crippen LogP contribution >= 0.6 is 0 Å². The zero-order valence-electron chi connectivity index (χ0n) is 12.3. The van der Waals surface area contributed by atoms with Gasteiger partial charge >= 0.3 is 5.97 Å². The maximum atomic E-state index is 12.2. The first-order valence-corrected chi connectivity index (χ1v) is 7.80. The maximum absolute atomic E-state index is 12.2. The summed E-state index contributed by atoms with van der Waals surface area (Å²) in [4.78, 5) is 23.9. The van der Waals surface area contributed by atoms with Crippen LogP contribution in [0.2, 0.25) is 0 Å². The molecule has 0 aromatic carbocycles. The van der Waals surface area contributed by atoms with Crippen molar-refractivity contribution in [2.75, 3.05) is 13.1 Å². The highest BCUT2D eigenvalue weighted by Crippen LogP contribution is 2.35. The Morgan fingerprint density at radius 1 is 1.25 bits per heavy atom. The minimum Gasteiger partial charge on any atom is -0.481 e. The van der Waals surface area contributed by atoms with Gasteiger partial charge in [0.25, 0.3) is 0 Å². The highest BCUT2D eigenvalue weighted by molar-refractivity contribution is 5.81. The Balaban J connectivity index is 1.94. The van der Waals surface area contributed by atoms with Crippen LogP contribution in [0.1, 0.15) is 51.9 Å². The Bertz CT molecular complexity index is 362. The van der Waals surface area contributed by atoms with Gasteiger partial charge in [0.1, 0.15) is 0 Å². The average Bonchev–Trinajstić information content (AvgIpc) is 2.71. The smallest absolute Gasteiger partial charge is 0.311 e. The third-order valence-corrected chi connectivity index (χ3v) is 4.98. The van der Waals surface area contributed by atoms with Crippen LogP contribution in [0.3, 0.4) is 0 Å². The lowest BCUT2D eigenvalue weighted by molar-refractivity contribution is -0.150. The van der Waals surface area contributed by atoms with Gasteiger partial charge in [-0.2, -0.15) is 0 Å². The van der Waals surface area contributed by atoms with Crippen LogP contribution in [0.15, 0.2) is 0 Å². The summed E-state index contributed by atoms with van der Waals surface area (Å²) in [5, 5.41) is 15.7. The molecule has 0 aromatic rings. The fourth-order valence-electron chi connectivity index (χ4n) is 3.48. The number of rotatable bonds is 4. The summed E-state index contributed by atoms with van der Waals surface area (Å²) in [6.45, 7) is 3.16. The molecule has 114 valence electrons. The molecule has 0 spiro atoms. The summed E-state index contributed by atoms with van der Waals surface area (Å²) in [7, 11) is 0. The van der Waals surface area contributed by atoms with Gasteiger partial charge in [0.2, 0.25) is 5.91 Å². The quantitative estimate of drug-likeness (QED) is 0.683. The molecule has 1 aliphatic carbocycles. The zero-order chi connectivity index (χ0) is 14.6. The number of nitrogens with one attached hydrogen (secondary N) is 2. The van der Waals surface area contributed by atoms with Crippen LogP contribution in [-0.4, -0.2) is 36.1 Å². The highest BCUT2D eigenvalue weighted by Gasteiger charge is 2.40. The van der Waals surface area contributed by atoms with E-state index in [9.17, 15) is 14.7 Å². The summed E-state index contributed by atoms with van der Waals surface area (Å²) in [6, 6.07) is 0.185. The van der Waals surface area contributed by atoms with Crippen molar-refractivity contribution in [2.24, 2.45) is 11.3 Å². The second kappa shape index (κ2) is 6.57. The summed E-state index contributed by atoms with van der Waals surface area (Å²) >= 11 is 0. The third kappa shape index (κ3) is 3.32. The lowest BCUT2D eigenvalue weighted by Gasteiger charge is -2.29. The van der Waals surface area contributed by atoms with Crippen LogP contribution in [0.5, 0.6) is 0 Å². The Labute approximate surface area is 120 Å². The number of hydrogen-bond donors (Lipinski definition) is 3. The standard InChI is InChI=1S/C15H26N2O3/c1-11-12(6-9-16-11)13(18)17-10-15(14(19)20)7-4-2-3-5-8-15/h11-12,16H,2-10H2,1H3,(H,17,18)(H,19,20). The summed E-state index contributed by atoms with van der Waals surface area (Å²) in [5.41, 5.74) is -0.749. The molecule has 5 heteroatoms. The minimum absolute atomic E-state index is 0.00683. The van der Waals surface area contributed by atoms with E-state index in [1.807, 2.05) is 6.92 Å². The first kappa shape index (κ1) is 15.3. The molecule has 1 aliphatic heterocycles. The van der Waals surface area contributed by atoms with Crippen LogP contribution in [0, 0.1) is 11.3 Å². The van der Waals surface area contributed by atoms with Gasteiger partial charge in [0.15, 0.2) is 0 Å². The van der Waals surface area contributed by atoms with Crippen LogP contribution in [0.4, 0.5) is 0 Å². The molecule has 2 fully saturated rings. The number of carboxylic acids is 1. The van der Waals surface area contributed by atoms with E-state index in [1.54, 1.807) is 0 Å². The Kier molecular flexibility index (Phi) is 5.02. The van der Waals surface area contributed by atoms with Gasteiger partial charge in [-0.1, -0.05) is 25.7 Å². The van der Waals surface area contributed by atoms with Crippen molar-refractivity contribution in [1.82, 2.24) is 10.6 Å². The van der Waals surface area contributed by atoms with E-state index in [0.717, 1.165) is 38.6 Å². The molecule has 2 atom stereocenters. The summed E-state index contributed by atoms with van der Waals surface area (Å²) in [6.07, 6.45) is 6.31. The van der Waals surface area contributed by atoms with Crippen molar-refractivity contribution >= 4 is 11.9 Å². The van der Waals surface area contributed by atoms with E-state index in [-0.39, 0.29) is 24.4 Å². The summed E-state index contributed by atoms with van der Waals surface area (Å²) in [5.74, 6) is -0.767. The Hall–Kier alpha value is -1.10. The van der Waals surface area contributed by atoms with Gasteiger partial charge in [-0.3, -0.25) is 9.59 Å². The Morgan fingerprint density at radius 2 is 1.90 bits per heavy atom. The number of carbonyl (C=O) groups excluding carboxylic acids is 1. The van der Waals surface area contributed by atoms with Crippen molar-refractivity contribution < 1.29 is 14.7 Å². The molecule has 2 rings (SSSR count). The number of carbonyl (C=O) groups is 2. The van der Waals surface area contributed by atoms with Crippen molar-refractivity contribution in [2.45, 2.75) is 57.9 Å². The fourth-order valence-corrected chi connectivity index (χ4v) is 3.48. The molecule has 20 heavy (non-hydrogen) atoms. The molecule has 0 bridgehead atoms. The molecule has 1 amide bonds. The molecule has 1 saturated carbocycles. The zero-order valence-corrected chi connectivity index (χ0v) is 12.3. The van der Waals surface area contributed by atoms with Crippen molar-refractivity contribution in [3.8, 4) is 0 Å². The number of aliphatic carboxylic acids is 1. The molecule has 1 heterocycles. The van der Waals surface area contributed by atoms with Crippen LogP contribution < -0.4 is 10.6 Å². The van der Waals surface area contributed by atoms with Gasteiger partial charge in [0, 0.05) is 12.6 Å². The summed E-state index contributed by atoms with van der Waals surface area (Å²) < 4.78 is 0. The molecule has 3 N–H and O–H groups in total. The second-order valence-corrected chi connectivity index (χ2v) is 6.36. The van der Waals surface area contributed by atoms with Gasteiger partial charge in [0.05, 0.1) is 11.3 Å². The molecule has 5 nitrogen and oxygen atoms in total. The van der Waals surface area contributed by atoms with Crippen molar-refractivity contribution in [3.05, 3.63) is 0 Å². The van der Waals surface area contributed by atoms with E-state index in [0.29, 0.717) is 12.8 Å².